The normalized spacial score (nSPS) is 10.1. The molecule has 0 aliphatic heterocycles. The average Bonchev–Trinajstić information content (AvgIpc) is 2.75. The lowest BCUT2D eigenvalue weighted by Crippen LogP contribution is -2.12. The van der Waals surface area contributed by atoms with Crippen LogP contribution >= 0.6 is 0 Å². The van der Waals surface area contributed by atoms with Crippen molar-refractivity contribution in [2.75, 3.05) is 5.32 Å². The zero-order valence-electron chi connectivity index (χ0n) is 9.51. The van der Waals surface area contributed by atoms with Crippen LogP contribution in [0.3, 0.4) is 0 Å². The molecule has 1 aromatic heterocycles. The average molecular weight is 246 g/mol. The van der Waals surface area contributed by atoms with E-state index >= 15 is 0 Å². The maximum absolute atomic E-state index is 11.8. The van der Waals surface area contributed by atoms with E-state index in [2.05, 4.69) is 15.5 Å². The minimum absolute atomic E-state index is 0.0536. The molecule has 0 atom stereocenters. The Morgan fingerprint density at radius 3 is 2.56 bits per heavy atom. The number of benzene rings is 1. The van der Waals surface area contributed by atoms with Gasteiger partial charge in [0.1, 0.15) is 0 Å². The third-order valence-electron chi connectivity index (χ3n) is 2.29. The molecule has 2 rings (SSSR count). The molecule has 18 heavy (non-hydrogen) atoms. The topological polar surface area (TPSA) is 101 Å². The summed E-state index contributed by atoms with van der Waals surface area (Å²) in [4.78, 5) is 21.7. The smallest absolute Gasteiger partial charge is 0.269 e. The van der Waals surface area contributed by atoms with E-state index in [1.807, 2.05) is 6.92 Å². The molecule has 0 radical (unpaired) electrons. The molecule has 0 aliphatic carbocycles. The number of H-pyrrole nitrogens is 1. The Balaban J connectivity index is 2.11. The standard InChI is InChI=1S/C11H10N4O3/c1-7-6-10(14-13-7)12-11(16)8-2-4-9(5-3-8)15(17)18/h2-6H,1H3,(H2,12,13,14,16). The minimum atomic E-state index is -0.515. The van der Waals surface area contributed by atoms with Gasteiger partial charge in [0, 0.05) is 29.5 Å². The van der Waals surface area contributed by atoms with Crippen molar-refractivity contribution in [3.05, 3.63) is 51.7 Å². The monoisotopic (exact) mass is 246 g/mol. The van der Waals surface area contributed by atoms with Gasteiger partial charge in [0.2, 0.25) is 0 Å². The number of carbonyl (C=O) groups is 1. The second-order valence-corrected chi connectivity index (χ2v) is 3.69. The van der Waals surface area contributed by atoms with E-state index in [1.54, 1.807) is 6.07 Å². The Bertz CT molecular complexity index is 589. The first-order valence-electron chi connectivity index (χ1n) is 5.14. The zero-order valence-corrected chi connectivity index (χ0v) is 9.51. The van der Waals surface area contributed by atoms with Gasteiger partial charge in [-0.05, 0) is 19.1 Å². The first-order valence-corrected chi connectivity index (χ1v) is 5.14. The summed E-state index contributed by atoms with van der Waals surface area (Å²) in [6.07, 6.45) is 0. The molecule has 0 bridgehead atoms. The first kappa shape index (κ1) is 11.8. The van der Waals surface area contributed by atoms with Crippen LogP contribution in [-0.2, 0) is 0 Å². The fourth-order valence-corrected chi connectivity index (χ4v) is 1.41. The summed E-state index contributed by atoms with van der Waals surface area (Å²) in [6, 6.07) is 7.04. The fraction of sp³-hybridized carbons (Fsp3) is 0.0909. The molecule has 92 valence electrons. The summed E-state index contributed by atoms with van der Waals surface area (Å²) in [6.45, 7) is 1.81. The minimum Gasteiger partial charge on any atom is -0.305 e. The van der Waals surface area contributed by atoms with Crippen LogP contribution in [0.5, 0.6) is 0 Å². The van der Waals surface area contributed by atoms with Gasteiger partial charge in [0.05, 0.1) is 4.92 Å². The number of aromatic nitrogens is 2. The highest BCUT2D eigenvalue weighted by Gasteiger charge is 2.10. The molecule has 1 aromatic carbocycles. The second kappa shape index (κ2) is 4.66. The van der Waals surface area contributed by atoms with Crippen LogP contribution < -0.4 is 5.32 Å². The Morgan fingerprint density at radius 2 is 2.06 bits per heavy atom. The molecule has 1 amide bonds. The van der Waals surface area contributed by atoms with Crippen LogP contribution in [0.4, 0.5) is 11.5 Å². The number of nitrogens with one attached hydrogen (secondary N) is 2. The number of amides is 1. The quantitative estimate of drug-likeness (QED) is 0.637. The molecule has 0 spiro atoms. The zero-order chi connectivity index (χ0) is 13.1. The summed E-state index contributed by atoms with van der Waals surface area (Å²) in [7, 11) is 0. The van der Waals surface area contributed by atoms with Crippen molar-refractivity contribution < 1.29 is 9.72 Å². The number of nitro groups is 1. The summed E-state index contributed by atoms with van der Waals surface area (Å²) < 4.78 is 0. The van der Waals surface area contributed by atoms with Gasteiger partial charge in [-0.2, -0.15) is 5.10 Å². The van der Waals surface area contributed by atoms with E-state index in [0.29, 0.717) is 11.4 Å². The lowest BCUT2D eigenvalue weighted by atomic mass is 10.2. The van der Waals surface area contributed by atoms with E-state index in [4.69, 9.17) is 0 Å². The Kier molecular flexibility index (Phi) is 3.05. The van der Waals surface area contributed by atoms with Gasteiger partial charge in [0.25, 0.3) is 11.6 Å². The van der Waals surface area contributed by atoms with E-state index < -0.39 is 4.92 Å². The molecule has 0 aliphatic rings. The first-order chi connectivity index (χ1) is 8.56. The van der Waals surface area contributed by atoms with Crippen LogP contribution in [0.1, 0.15) is 16.1 Å². The molecule has 0 saturated carbocycles. The summed E-state index contributed by atoms with van der Waals surface area (Å²) in [5.41, 5.74) is 1.11. The number of nitro benzene ring substituents is 1. The van der Waals surface area contributed by atoms with Gasteiger partial charge in [0.15, 0.2) is 5.82 Å². The lowest BCUT2D eigenvalue weighted by Gasteiger charge is -2.01. The van der Waals surface area contributed by atoms with Crippen molar-refractivity contribution in [2.24, 2.45) is 0 Å². The molecular formula is C11H10N4O3. The molecule has 7 heteroatoms. The van der Waals surface area contributed by atoms with Crippen LogP contribution in [0.25, 0.3) is 0 Å². The van der Waals surface area contributed by atoms with Gasteiger partial charge in [-0.3, -0.25) is 20.0 Å². The van der Waals surface area contributed by atoms with Crippen molar-refractivity contribution in [2.45, 2.75) is 6.92 Å². The Hall–Kier alpha value is -2.70. The number of non-ortho nitro benzene ring substituents is 1. The Labute approximate surface area is 102 Å². The molecule has 7 nitrogen and oxygen atoms in total. The molecule has 0 unspecified atom stereocenters. The highest BCUT2D eigenvalue weighted by Crippen LogP contribution is 2.13. The van der Waals surface area contributed by atoms with Crippen molar-refractivity contribution in [1.29, 1.82) is 0 Å². The molecule has 1 heterocycles. The molecule has 2 aromatic rings. The number of aryl methyl sites for hydroxylation is 1. The summed E-state index contributed by atoms with van der Waals surface area (Å²) in [5.74, 6) is 0.0484. The van der Waals surface area contributed by atoms with Gasteiger partial charge < -0.3 is 5.32 Å². The number of anilines is 1. The van der Waals surface area contributed by atoms with Crippen LogP contribution in [0, 0.1) is 17.0 Å². The number of aromatic amines is 1. The predicted molar refractivity (Wildman–Crippen MR) is 64.4 cm³/mol. The van der Waals surface area contributed by atoms with Crippen molar-refractivity contribution in [3.63, 3.8) is 0 Å². The van der Waals surface area contributed by atoms with Crippen LogP contribution in [-0.4, -0.2) is 21.0 Å². The third kappa shape index (κ3) is 2.51. The molecule has 0 fully saturated rings. The lowest BCUT2D eigenvalue weighted by molar-refractivity contribution is -0.384. The maximum Gasteiger partial charge on any atom is 0.269 e. The summed E-state index contributed by atoms with van der Waals surface area (Å²) in [5, 5.41) is 19.6. The van der Waals surface area contributed by atoms with Gasteiger partial charge >= 0.3 is 0 Å². The molecular weight excluding hydrogens is 236 g/mol. The third-order valence-corrected chi connectivity index (χ3v) is 2.29. The van der Waals surface area contributed by atoms with E-state index in [-0.39, 0.29) is 11.6 Å². The SMILES string of the molecule is Cc1cc(NC(=O)c2ccc([N+](=O)[O-])cc2)n[nH]1. The van der Waals surface area contributed by atoms with Gasteiger partial charge in [-0.15, -0.1) is 0 Å². The highest BCUT2D eigenvalue weighted by molar-refractivity contribution is 6.03. The van der Waals surface area contributed by atoms with Crippen molar-refractivity contribution >= 4 is 17.4 Å². The number of carbonyl (C=O) groups excluding carboxylic acids is 1. The number of rotatable bonds is 3. The molecule has 0 saturated heterocycles. The second-order valence-electron chi connectivity index (χ2n) is 3.69. The molecule has 2 N–H and O–H groups in total. The van der Waals surface area contributed by atoms with E-state index in [0.717, 1.165) is 5.69 Å². The number of hydrogen-bond acceptors (Lipinski definition) is 4. The van der Waals surface area contributed by atoms with E-state index in [9.17, 15) is 14.9 Å². The number of hydrogen-bond donors (Lipinski definition) is 2. The van der Waals surface area contributed by atoms with Crippen LogP contribution in [0.2, 0.25) is 0 Å². The summed E-state index contributed by atoms with van der Waals surface area (Å²) >= 11 is 0. The largest absolute Gasteiger partial charge is 0.305 e. The highest BCUT2D eigenvalue weighted by atomic mass is 16.6. The fourth-order valence-electron chi connectivity index (χ4n) is 1.41. The Morgan fingerprint density at radius 1 is 1.39 bits per heavy atom. The van der Waals surface area contributed by atoms with Gasteiger partial charge in [-0.25, -0.2) is 0 Å². The predicted octanol–water partition coefficient (Wildman–Crippen LogP) is 1.88. The maximum atomic E-state index is 11.8. The number of nitrogens with zero attached hydrogens (tertiary/aromatic N) is 2. The van der Waals surface area contributed by atoms with Crippen molar-refractivity contribution in [1.82, 2.24) is 10.2 Å². The van der Waals surface area contributed by atoms with Crippen LogP contribution in [0.15, 0.2) is 30.3 Å². The van der Waals surface area contributed by atoms with Gasteiger partial charge in [-0.1, -0.05) is 0 Å². The van der Waals surface area contributed by atoms with Crippen molar-refractivity contribution in [3.8, 4) is 0 Å². The van der Waals surface area contributed by atoms with E-state index in [1.165, 1.54) is 24.3 Å².